The molecule has 12 aromatic rings. The second kappa shape index (κ2) is 15.7. The Balaban J connectivity index is 0.826. The monoisotopic (exact) mass is 882 g/mol. The summed E-state index contributed by atoms with van der Waals surface area (Å²) < 4.78 is 6.94. The lowest BCUT2D eigenvalue weighted by atomic mass is 9.91. The number of imidazole rings is 2. The van der Waals surface area contributed by atoms with Crippen molar-refractivity contribution < 1.29 is 0 Å². The van der Waals surface area contributed by atoms with Crippen molar-refractivity contribution in [1.82, 2.24) is 23.7 Å². The van der Waals surface area contributed by atoms with Crippen molar-refractivity contribution in [2.24, 2.45) is 0 Å². The number of nitrogens with zero attached hydrogens (tertiary/aromatic N) is 6. The van der Waals surface area contributed by atoms with Crippen LogP contribution in [-0.2, 0) is 0 Å². The van der Waals surface area contributed by atoms with E-state index in [1.54, 1.807) is 0 Å². The quantitative estimate of drug-likeness (QED) is 0.160. The fourth-order valence-corrected chi connectivity index (χ4v) is 10.7. The third-order valence-electron chi connectivity index (χ3n) is 13.9. The first-order valence-corrected chi connectivity index (χ1v) is 23.5. The van der Waals surface area contributed by atoms with E-state index in [4.69, 9.17) is 9.97 Å². The molecule has 9 aromatic carbocycles. The summed E-state index contributed by atoms with van der Waals surface area (Å²) >= 11 is 0. The van der Waals surface area contributed by atoms with Crippen molar-refractivity contribution in [3.63, 3.8) is 0 Å². The average molecular weight is 883 g/mol. The van der Waals surface area contributed by atoms with E-state index in [9.17, 15) is 0 Å². The van der Waals surface area contributed by atoms with Crippen LogP contribution in [-0.4, -0.2) is 23.7 Å². The van der Waals surface area contributed by atoms with Crippen LogP contribution in [0.4, 0.5) is 11.4 Å². The van der Waals surface area contributed by atoms with E-state index >= 15 is 0 Å². The van der Waals surface area contributed by atoms with E-state index in [1.165, 1.54) is 27.5 Å². The zero-order chi connectivity index (χ0) is 45.4. The SMILES string of the molecule is C1=CC2C=C(C=C1c1nc3ccccc3n1-c1ccccc1)N(c1ccc(-c3ccc(-n4c5ccccc5c5ccc(-c6nc7ccccc7n6-c6ccccc6)cc54)cc3)cc1)c1ccccc12. The van der Waals surface area contributed by atoms with E-state index in [1.807, 2.05) is 0 Å². The van der Waals surface area contributed by atoms with Gasteiger partial charge in [-0.05, 0) is 120 Å². The standard InChI is InChI=1S/C63H42N6/c1-3-15-47(16-4-1)68-59-25-13-9-21-55(59)64-62(68)45-28-27-44-39-51(40-45)66(57-23-11-7-19-52(44)57)49-34-29-42(30-35-49)43-31-36-50(37-32-43)67-58-24-12-8-20-53(58)54-38-33-46(41-61(54)67)63-65-56-22-10-14-26-60(56)69(63)48-17-5-2-6-18-48/h1-41,44H. The van der Waals surface area contributed by atoms with Gasteiger partial charge < -0.3 is 9.47 Å². The molecular weight excluding hydrogens is 841 g/mol. The molecule has 0 spiro atoms. The van der Waals surface area contributed by atoms with Gasteiger partial charge in [0.1, 0.15) is 11.6 Å². The van der Waals surface area contributed by atoms with Crippen molar-refractivity contribution >= 4 is 60.8 Å². The number of aromatic nitrogens is 5. The van der Waals surface area contributed by atoms with Gasteiger partial charge in [-0.25, -0.2) is 9.97 Å². The highest BCUT2D eigenvalue weighted by Gasteiger charge is 2.28. The molecule has 0 N–H and O–H groups in total. The lowest BCUT2D eigenvalue weighted by Crippen LogP contribution is -2.21. The fourth-order valence-electron chi connectivity index (χ4n) is 10.7. The van der Waals surface area contributed by atoms with Crippen molar-refractivity contribution in [1.29, 1.82) is 0 Å². The molecule has 4 heterocycles. The van der Waals surface area contributed by atoms with Gasteiger partial charge in [-0.1, -0.05) is 146 Å². The topological polar surface area (TPSA) is 43.8 Å². The molecule has 6 nitrogen and oxygen atoms in total. The summed E-state index contributed by atoms with van der Waals surface area (Å²) in [6, 6.07) is 80.1. The van der Waals surface area contributed by atoms with E-state index < -0.39 is 0 Å². The van der Waals surface area contributed by atoms with Gasteiger partial charge in [0.05, 0.1) is 38.8 Å². The molecule has 1 aliphatic carbocycles. The van der Waals surface area contributed by atoms with Crippen LogP contribution in [0.25, 0.3) is 89.0 Å². The van der Waals surface area contributed by atoms with Gasteiger partial charge in [0, 0.05) is 56.3 Å². The first-order chi connectivity index (χ1) is 34.2. The Hall–Kier alpha value is -9.26. The average Bonchev–Trinajstić information content (AvgIpc) is 4.06. The van der Waals surface area contributed by atoms with Gasteiger partial charge in [0.15, 0.2) is 0 Å². The number of anilines is 2. The Morgan fingerprint density at radius 3 is 1.59 bits per heavy atom. The molecule has 1 atom stereocenters. The maximum Gasteiger partial charge on any atom is 0.145 e. The maximum atomic E-state index is 5.24. The molecule has 14 rings (SSSR count). The summed E-state index contributed by atoms with van der Waals surface area (Å²) in [5.74, 6) is 1.97. The van der Waals surface area contributed by atoms with E-state index in [0.29, 0.717) is 0 Å². The van der Waals surface area contributed by atoms with Crippen LogP contribution >= 0.6 is 0 Å². The Labute approximate surface area is 398 Å². The molecule has 3 aromatic heterocycles. The molecule has 0 radical (unpaired) electrons. The van der Waals surface area contributed by atoms with Gasteiger partial charge in [-0.3, -0.25) is 9.13 Å². The zero-order valence-corrected chi connectivity index (χ0v) is 37.4. The Kier molecular flexibility index (Phi) is 8.86. The number of allylic oxidation sites excluding steroid dienone is 5. The van der Waals surface area contributed by atoms with Crippen molar-refractivity contribution in [3.05, 3.63) is 266 Å². The number of rotatable bonds is 7. The summed E-state index contributed by atoms with van der Waals surface area (Å²) in [6.07, 6.45) is 9.25. The normalized spacial score (nSPS) is 14.3. The highest BCUT2D eigenvalue weighted by atomic mass is 15.2. The first-order valence-electron chi connectivity index (χ1n) is 23.5. The second-order valence-electron chi connectivity index (χ2n) is 17.8. The lowest BCUT2D eigenvalue weighted by molar-refractivity contribution is 0.998. The molecule has 2 aliphatic rings. The van der Waals surface area contributed by atoms with Crippen molar-refractivity contribution in [2.45, 2.75) is 5.92 Å². The van der Waals surface area contributed by atoms with Crippen molar-refractivity contribution in [2.75, 3.05) is 4.90 Å². The highest BCUT2D eigenvalue weighted by Crippen LogP contribution is 2.45. The molecule has 0 saturated carbocycles. The minimum absolute atomic E-state index is 0.132. The minimum Gasteiger partial charge on any atom is -0.310 e. The Morgan fingerprint density at radius 1 is 0.377 bits per heavy atom. The molecule has 0 fully saturated rings. The Bertz CT molecular complexity index is 4050. The summed E-state index contributed by atoms with van der Waals surface area (Å²) in [5.41, 5.74) is 18.8. The fraction of sp³-hybridized carbons (Fsp3) is 0.0159. The van der Waals surface area contributed by atoms with Gasteiger partial charge in [0.2, 0.25) is 0 Å². The summed E-state index contributed by atoms with van der Waals surface area (Å²) in [7, 11) is 0. The third-order valence-corrected chi connectivity index (χ3v) is 13.9. The minimum atomic E-state index is 0.132. The van der Waals surface area contributed by atoms with E-state index in [0.717, 1.165) is 89.9 Å². The number of para-hydroxylation sites is 8. The first kappa shape index (κ1) is 39.0. The molecule has 0 amide bonds. The van der Waals surface area contributed by atoms with Crippen molar-refractivity contribution in [3.8, 4) is 39.6 Å². The van der Waals surface area contributed by atoms with Crippen LogP contribution in [0.15, 0.2) is 254 Å². The molecule has 69 heavy (non-hydrogen) atoms. The van der Waals surface area contributed by atoms with Crippen LogP contribution in [0.2, 0.25) is 0 Å². The van der Waals surface area contributed by atoms with Gasteiger partial charge in [-0.15, -0.1) is 0 Å². The number of hydrogen-bond acceptors (Lipinski definition) is 3. The van der Waals surface area contributed by atoms with Gasteiger partial charge >= 0.3 is 0 Å². The molecule has 6 heteroatoms. The maximum absolute atomic E-state index is 5.24. The molecular formula is C63H42N6. The summed E-state index contributed by atoms with van der Waals surface area (Å²) in [5, 5.41) is 2.43. The lowest BCUT2D eigenvalue weighted by Gasteiger charge is -2.34. The molecule has 1 unspecified atom stereocenters. The molecule has 2 bridgehead atoms. The highest BCUT2D eigenvalue weighted by molar-refractivity contribution is 6.10. The number of fused-ring (bicyclic) bond motifs is 8. The predicted molar refractivity (Wildman–Crippen MR) is 284 cm³/mol. The van der Waals surface area contributed by atoms with Crippen LogP contribution in [0.3, 0.4) is 0 Å². The molecule has 0 saturated heterocycles. The summed E-state index contributed by atoms with van der Waals surface area (Å²) in [6.45, 7) is 0. The largest absolute Gasteiger partial charge is 0.310 e. The van der Waals surface area contributed by atoms with Gasteiger partial charge in [0.25, 0.3) is 0 Å². The van der Waals surface area contributed by atoms with Crippen LogP contribution in [0.1, 0.15) is 17.3 Å². The van der Waals surface area contributed by atoms with Gasteiger partial charge in [-0.2, -0.15) is 0 Å². The van der Waals surface area contributed by atoms with Crippen LogP contribution in [0, 0.1) is 0 Å². The second-order valence-corrected chi connectivity index (χ2v) is 17.8. The van der Waals surface area contributed by atoms with E-state index in [-0.39, 0.29) is 5.92 Å². The predicted octanol–water partition coefficient (Wildman–Crippen LogP) is 15.6. The summed E-state index contributed by atoms with van der Waals surface area (Å²) in [4.78, 5) is 12.8. The Morgan fingerprint density at radius 2 is 0.899 bits per heavy atom. The third kappa shape index (κ3) is 6.34. The van der Waals surface area contributed by atoms with E-state index in [2.05, 4.69) is 267 Å². The molecule has 1 aliphatic heterocycles. The van der Waals surface area contributed by atoms with Crippen LogP contribution < -0.4 is 4.90 Å². The number of hydrogen-bond donors (Lipinski definition) is 0. The number of benzene rings is 9. The van der Waals surface area contributed by atoms with Crippen LogP contribution in [0.5, 0.6) is 0 Å². The zero-order valence-electron chi connectivity index (χ0n) is 37.4. The smallest absolute Gasteiger partial charge is 0.145 e. The molecule has 324 valence electrons.